The molecule has 1 rings (SSSR count). The number of nitrogens with two attached hydrogens (primary N) is 1. The number of primary amides is 1. The van der Waals surface area contributed by atoms with E-state index in [1.807, 2.05) is 34.6 Å². The molecule has 17 heteroatoms. The van der Waals surface area contributed by atoms with Gasteiger partial charge in [-0.25, -0.2) is 0 Å². The van der Waals surface area contributed by atoms with Crippen molar-refractivity contribution in [3.05, 3.63) is 0 Å². The number of carbonyl (C=O) groups is 9. The largest absolute Gasteiger partial charge is 0.396 e. The lowest BCUT2D eigenvalue weighted by atomic mass is 9.86. The van der Waals surface area contributed by atoms with Gasteiger partial charge in [-0.05, 0) is 57.8 Å². The average Bonchev–Trinajstić information content (AvgIpc) is 3.67. The second-order valence-corrected chi connectivity index (χ2v) is 17.4. The molecule has 342 valence electrons. The SMILES string of the molecule is CCCC[C@H](NC(=O)[C@@H](CC(=O)[C@@H](C)CC(C)C)[C@@H](C)O)C(=O)C[C@@H](CC(C)C)C(=O)NCC(=O)C[C@@H](CO)C(=O)N[C@H](C(=O)CCC(=O)N1CCC[C@H]1C(N)=O)[C@@H](C)O. The molecule has 1 fully saturated rings. The monoisotopic (exact) mass is 852 g/mol. The number of nitrogens with zero attached hydrogens (tertiary/aromatic N) is 1. The van der Waals surface area contributed by atoms with Gasteiger partial charge in [-0.3, -0.25) is 43.2 Å². The molecule has 0 aromatic carbocycles. The van der Waals surface area contributed by atoms with Crippen LogP contribution in [0.3, 0.4) is 0 Å². The van der Waals surface area contributed by atoms with Crippen LogP contribution in [-0.2, 0) is 43.2 Å². The second-order valence-electron chi connectivity index (χ2n) is 17.4. The third kappa shape index (κ3) is 18.7. The third-order valence-corrected chi connectivity index (χ3v) is 11.0. The number of nitrogens with one attached hydrogen (secondary N) is 3. The van der Waals surface area contributed by atoms with E-state index in [0.29, 0.717) is 38.6 Å². The Balaban J connectivity index is 2.94. The van der Waals surface area contributed by atoms with Crippen molar-refractivity contribution in [1.29, 1.82) is 0 Å². The van der Waals surface area contributed by atoms with Crippen molar-refractivity contribution in [2.24, 2.45) is 41.2 Å². The van der Waals surface area contributed by atoms with Crippen molar-refractivity contribution in [1.82, 2.24) is 20.9 Å². The first-order chi connectivity index (χ1) is 28.0. The van der Waals surface area contributed by atoms with Crippen molar-refractivity contribution in [2.45, 2.75) is 163 Å². The molecule has 0 bridgehead atoms. The molecule has 0 spiro atoms. The van der Waals surface area contributed by atoms with E-state index < -0.39 is 115 Å². The Kier molecular flexibility index (Phi) is 24.2. The summed E-state index contributed by atoms with van der Waals surface area (Å²) in [5.41, 5.74) is 5.37. The minimum Gasteiger partial charge on any atom is -0.396 e. The highest BCUT2D eigenvalue weighted by Gasteiger charge is 2.36. The fourth-order valence-corrected chi connectivity index (χ4v) is 7.53. The van der Waals surface area contributed by atoms with Crippen molar-refractivity contribution < 1.29 is 58.5 Å². The van der Waals surface area contributed by atoms with E-state index in [4.69, 9.17) is 5.73 Å². The van der Waals surface area contributed by atoms with Crippen molar-refractivity contribution in [3.63, 3.8) is 0 Å². The van der Waals surface area contributed by atoms with Crippen LogP contribution in [0.15, 0.2) is 0 Å². The van der Waals surface area contributed by atoms with Crippen LogP contribution in [0.2, 0.25) is 0 Å². The van der Waals surface area contributed by atoms with Gasteiger partial charge in [0.2, 0.25) is 29.5 Å². The molecule has 60 heavy (non-hydrogen) atoms. The van der Waals surface area contributed by atoms with Crippen LogP contribution in [0.4, 0.5) is 0 Å². The summed E-state index contributed by atoms with van der Waals surface area (Å²) < 4.78 is 0. The molecular weight excluding hydrogens is 778 g/mol. The maximum atomic E-state index is 13.7. The molecule has 0 radical (unpaired) electrons. The number of aliphatic hydroxyl groups is 3. The maximum Gasteiger partial charge on any atom is 0.240 e. The Hall–Kier alpha value is -4.09. The molecule has 0 aromatic heterocycles. The van der Waals surface area contributed by atoms with Crippen LogP contribution in [0.5, 0.6) is 0 Å². The first-order valence-corrected chi connectivity index (χ1v) is 21.6. The van der Waals surface area contributed by atoms with Crippen LogP contribution in [0.25, 0.3) is 0 Å². The Labute approximate surface area is 355 Å². The molecule has 1 aliphatic heterocycles. The Bertz CT molecular complexity index is 1480. The fraction of sp³-hybridized carbons (Fsp3) is 0.791. The van der Waals surface area contributed by atoms with Crippen LogP contribution in [-0.4, -0.2) is 123 Å². The molecule has 5 amide bonds. The van der Waals surface area contributed by atoms with Crippen molar-refractivity contribution in [3.8, 4) is 0 Å². The Morgan fingerprint density at radius 2 is 1.37 bits per heavy atom. The first kappa shape index (κ1) is 53.9. The van der Waals surface area contributed by atoms with E-state index in [2.05, 4.69) is 16.0 Å². The number of rotatable bonds is 30. The molecule has 1 saturated heterocycles. The van der Waals surface area contributed by atoms with Crippen LogP contribution in [0, 0.1) is 35.5 Å². The summed E-state index contributed by atoms with van der Waals surface area (Å²) in [6.45, 7) is 13.1. The number of carbonyl (C=O) groups excluding carboxylic acids is 9. The summed E-state index contributed by atoms with van der Waals surface area (Å²) in [5, 5.41) is 38.3. The van der Waals surface area contributed by atoms with Crippen molar-refractivity contribution in [2.75, 3.05) is 19.7 Å². The molecule has 0 saturated carbocycles. The van der Waals surface area contributed by atoms with Crippen molar-refractivity contribution >= 4 is 52.7 Å². The number of likely N-dealkylation sites (tertiary alicyclic amines) is 1. The van der Waals surface area contributed by atoms with E-state index in [-0.39, 0.29) is 62.1 Å². The molecule has 8 N–H and O–H groups in total. The number of hydrogen-bond acceptors (Lipinski definition) is 12. The normalized spacial score (nSPS) is 18.1. The summed E-state index contributed by atoms with van der Waals surface area (Å²) in [5.74, 6) is -8.52. The van der Waals surface area contributed by atoms with Crippen LogP contribution >= 0.6 is 0 Å². The van der Waals surface area contributed by atoms with Crippen LogP contribution < -0.4 is 21.7 Å². The van der Waals surface area contributed by atoms with E-state index in [9.17, 15) is 58.5 Å². The predicted octanol–water partition coefficient (Wildman–Crippen LogP) is 1.30. The van der Waals surface area contributed by atoms with Gasteiger partial charge in [0, 0.05) is 50.5 Å². The van der Waals surface area contributed by atoms with Gasteiger partial charge in [0.1, 0.15) is 17.9 Å². The summed E-state index contributed by atoms with van der Waals surface area (Å²) in [6, 6.07) is -3.20. The summed E-state index contributed by atoms with van der Waals surface area (Å²) >= 11 is 0. The van der Waals surface area contributed by atoms with E-state index in [1.54, 1.807) is 6.92 Å². The predicted molar refractivity (Wildman–Crippen MR) is 222 cm³/mol. The van der Waals surface area contributed by atoms with E-state index in [1.165, 1.54) is 18.7 Å². The zero-order valence-corrected chi connectivity index (χ0v) is 37.0. The van der Waals surface area contributed by atoms with Gasteiger partial charge in [-0.1, -0.05) is 54.4 Å². The Morgan fingerprint density at radius 1 is 0.733 bits per heavy atom. The third-order valence-electron chi connectivity index (χ3n) is 11.0. The van der Waals surface area contributed by atoms with Gasteiger partial charge in [-0.15, -0.1) is 0 Å². The zero-order valence-electron chi connectivity index (χ0n) is 37.0. The standard InChI is InChI=1S/C43H73N5O12/c1-9-10-12-33(46-43(60)32(27(7)50)21-36(54)26(6)17-24(2)3)37(55)20-29(18-25(4)5)41(58)45-22-31(52)19-30(23-49)42(59)47-39(28(8)51)35(53)14-15-38(56)48-16-11-13-34(48)40(44)57/h24-30,32-34,39,49-51H,9-23H2,1-8H3,(H2,44,57)(H,45,58)(H,46,60)(H,47,59)/t26-,27+,28+,29+,30-,32-,33-,34-,39-/m0/s1. The fourth-order valence-electron chi connectivity index (χ4n) is 7.53. The Morgan fingerprint density at radius 3 is 1.90 bits per heavy atom. The molecule has 1 aliphatic rings. The molecule has 0 aliphatic carbocycles. The minimum atomic E-state index is -1.46. The highest BCUT2D eigenvalue weighted by atomic mass is 16.3. The highest BCUT2D eigenvalue weighted by Crippen LogP contribution is 2.22. The molecular formula is C43H73N5O12. The second kappa shape index (κ2) is 27.0. The van der Waals surface area contributed by atoms with Gasteiger partial charge in [0.05, 0.1) is 43.2 Å². The molecule has 0 unspecified atom stereocenters. The average molecular weight is 852 g/mol. The number of aliphatic hydroxyl groups excluding tert-OH is 3. The highest BCUT2D eigenvalue weighted by molar-refractivity contribution is 5.97. The number of hydrogen-bond donors (Lipinski definition) is 7. The number of ketones is 4. The smallest absolute Gasteiger partial charge is 0.240 e. The lowest BCUT2D eigenvalue weighted by molar-refractivity contribution is -0.139. The van der Waals surface area contributed by atoms with E-state index in [0.717, 1.165) is 0 Å². The molecule has 9 atom stereocenters. The first-order valence-electron chi connectivity index (χ1n) is 21.6. The number of unbranched alkanes of at least 4 members (excludes halogenated alkanes) is 1. The summed E-state index contributed by atoms with van der Waals surface area (Å²) in [7, 11) is 0. The lowest BCUT2D eigenvalue weighted by Gasteiger charge is -2.26. The minimum absolute atomic E-state index is 0.0381. The quantitative estimate of drug-likeness (QED) is 0.0539. The van der Waals surface area contributed by atoms with Gasteiger partial charge in [-0.2, -0.15) is 0 Å². The topological polar surface area (TPSA) is 280 Å². The molecule has 0 aromatic rings. The van der Waals surface area contributed by atoms with E-state index >= 15 is 0 Å². The van der Waals surface area contributed by atoms with Crippen LogP contribution in [0.1, 0.15) is 132 Å². The van der Waals surface area contributed by atoms with Gasteiger partial charge < -0.3 is 41.9 Å². The zero-order chi connectivity index (χ0) is 45.9. The van der Waals surface area contributed by atoms with Gasteiger partial charge in [0.15, 0.2) is 17.3 Å². The lowest BCUT2D eigenvalue weighted by Crippen LogP contribution is -2.51. The number of amides is 5. The maximum absolute atomic E-state index is 13.7. The molecule has 1 heterocycles. The number of Topliss-reactive ketones (excluding diaryl/α,β-unsaturated/α-hetero) is 4. The summed E-state index contributed by atoms with van der Waals surface area (Å²) in [6.07, 6.45) is -0.695. The van der Waals surface area contributed by atoms with Gasteiger partial charge in [0.25, 0.3) is 0 Å². The van der Waals surface area contributed by atoms with Gasteiger partial charge >= 0.3 is 0 Å². The molecule has 17 nitrogen and oxygen atoms in total. The summed E-state index contributed by atoms with van der Waals surface area (Å²) in [4.78, 5) is 118.